The van der Waals surface area contributed by atoms with Gasteiger partial charge in [-0.25, -0.2) is 18.1 Å². The zero-order valence-corrected chi connectivity index (χ0v) is 15.5. The van der Waals surface area contributed by atoms with E-state index < -0.39 is 9.84 Å². The maximum Gasteiger partial charge on any atom is 0.152 e. The molecule has 1 aromatic carbocycles. The summed E-state index contributed by atoms with van der Waals surface area (Å²) in [5.74, 6) is 4.13. The predicted octanol–water partition coefficient (Wildman–Crippen LogP) is 1.36. The summed E-state index contributed by atoms with van der Waals surface area (Å²) in [5, 5.41) is 8.21. The lowest BCUT2D eigenvalue weighted by Crippen LogP contribution is -2.19. The second kappa shape index (κ2) is 6.16. The maximum atomic E-state index is 12.0. The molecule has 6 nitrogen and oxygen atoms in total. The molecule has 3 heterocycles. The lowest BCUT2D eigenvalue weighted by Gasteiger charge is -2.12. The van der Waals surface area contributed by atoms with Crippen LogP contribution in [0.3, 0.4) is 0 Å². The van der Waals surface area contributed by atoms with Crippen LogP contribution in [0, 0.1) is 11.8 Å². The number of sulfone groups is 1. The van der Waals surface area contributed by atoms with Crippen LogP contribution in [0.1, 0.15) is 35.6 Å². The van der Waals surface area contributed by atoms with Crippen LogP contribution in [-0.4, -0.2) is 47.8 Å². The normalized spacial score (nSPS) is 31.8. The summed E-state index contributed by atoms with van der Waals surface area (Å²) < 4.78 is 25.9. The molecule has 2 aromatic rings. The Labute approximate surface area is 153 Å². The van der Waals surface area contributed by atoms with Crippen LogP contribution in [0.5, 0.6) is 0 Å². The number of fused-ring (bicyclic) bond motifs is 1. The number of nitrogens with one attached hydrogen (secondary N) is 1. The number of rotatable bonds is 5. The fourth-order valence-corrected chi connectivity index (χ4v) is 6.35. The molecule has 3 fully saturated rings. The second-order valence-electron chi connectivity index (χ2n) is 7.88. The lowest BCUT2D eigenvalue weighted by atomic mass is 10.1. The molecule has 1 unspecified atom stereocenters. The van der Waals surface area contributed by atoms with Crippen molar-refractivity contribution in [3.05, 3.63) is 47.5 Å². The van der Waals surface area contributed by atoms with Crippen molar-refractivity contribution in [2.75, 3.05) is 24.6 Å². The Hall–Kier alpha value is -1.73. The third kappa shape index (κ3) is 2.97. The van der Waals surface area contributed by atoms with E-state index in [0.717, 1.165) is 37.6 Å². The van der Waals surface area contributed by atoms with Gasteiger partial charge in [-0.2, -0.15) is 5.10 Å². The SMILES string of the molecule is O=S1(=O)CC[C@@H](n2nc(CCc3ccccc3)nc2C2[C@H]3CNC[C@@H]23)C1. The number of hydrogen-bond acceptors (Lipinski definition) is 5. The molecular weight excluding hydrogens is 348 g/mol. The molecule has 1 aromatic heterocycles. The van der Waals surface area contributed by atoms with Gasteiger partial charge in [0.25, 0.3) is 0 Å². The highest BCUT2D eigenvalue weighted by Gasteiger charge is 2.56. The Balaban J connectivity index is 1.40. The number of benzene rings is 1. The van der Waals surface area contributed by atoms with Gasteiger partial charge in [0.2, 0.25) is 0 Å². The average Bonchev–Trinajstić information content (AvgIpc) is 3.06. The molecule has 3 aliphatic rings. The van der Waals surface area contributed by atoms with Gasteiger partial charge in [0, 0.05) is 12.3 Å². The first-order chi connectivity index (χ1) is 12.6. The van der Waals surface area contributed by atoms with Crippen LogP contribution in [0.25, 0.3) is 0 Å². The molecule has 26 heavy (non-hydrogen) atoms. The summed E-state index contributed by atoms with van der Waals surface area (Å²) in [5.41, 5.74) is 1.28. The van der Waals surface area contributed by atoms with E-state index >= 15 is 0 Å². The van der Waals surface area contributed by atoms with Gasteiger partial charge in [0.05, 0.1) is 17.5 Å². The topological polar surface area (TPSA) is 76.9 Å². The first kappa shape index (κ1) is 16.4. The van der Waals surface area contributed by atoms with Crippen LogP contribution >= 0.6 is 0 Å². The number of hydrogen-bond donors (Lipinski definition) is 1. The molecule has 0 spiro atoms. The molecule has 0 radical (unpaired) electrons. The van der Waals surface area contributed by atoms with Crippen LogP contribution in [0.2, 0.25) is 0 Å². The smallest absolute Gasteiger partial charge is 0.152 e. The molecule has 5 rings (SSSR count). The fourth-order valence-electron chi connectivity index (χ4n) is 4.65. The minimum Gasteiger partial charge on any atom is -0.316 e. The second-order valence-corrected chi connectivity index (χ2v) is 10.1. The molecule has 2 saturated heterocycles. The van der Waals surface area contributed by atoms with Gasteiger partial charge in [-0.3, -0.25) is 0 Å². The van der Waals surface area contributed by atoms with Crippen molar-refractivity contribution in [3.8, 4) is 0 Å². The van der Waals surface area contributed by atoms with Crippen molar-refractivity contribution >= 4 is 9.84 Å². The summed E-state index contributed by atoms with van der Waals surface area (Å²) in [4.78, 5) is 4.89. The summed E-state index contributed by atoms with van der Waals surface area (Å²) >= 11 is 0. The minimum atomic E-state index is -2.93. The molecule has 0 amide bonds. The van der Waals surface area contributed by atoms with Crippen molar-refractivity contribution in [2.45, 2.75) is 31.2 Å². The molecule has 2 aliphatic heterocycles. The zero-order valence-electron chi connectivity index (χ0n) is 14.7. The predicted molar refractivity (Wildman–Crippen MR) is 98.8 cm³/mol. The number of aryl methyl sites for hydroxylation is 2. The van der Waals surface area contributed by atoms with Gasteiger partial charge in [-0.15, -0.1) is 0 Å². The highest BCUT2D eigenvalue weighted by atomic mass is 32.2. The highest BCUT2D eigenvalue weighted by Crippen LogP contribution is 2.55. The fraction of sp³-hybridized carbons (Fsp3) is 0.579. The van der Waals surface area contributed by atoms with Gasteiger partial charge in [-0.05, 0) is 43.3 Å². The van der Waals surface area contributed by atoms with Gasteiger partial charge in [0.1, 0.15) is 5.82 Å². The van der Waals surface area contributed by atoms with Gasteiger partial charge >= 0.3 is 0 Å². The van der Waals surface area contributed by atoms with Crippen molar-refractivity contribution in [2.24, 2.45) is 11.8 Å². The Bertz CT molecular complexity index is 899. The van der Waals surface area contributed by atoms with Crippen molar-refractivity contribution in [1.29, 1.82) is 0 Å². The molecule has 1 aliphatic carbocycles. The number of piperidine rings is 1. The van der Waals surface area contributed by atoms with E-state index in [4.69, 9.17) is 10.1 Å². The molecular formula is C19H24N4O2S. The van der Waals surface area contributed by atoms with Crippen molar-refractivity contribution < 1.29 is 8.42 Å². The number of aromatic nitrogens is 3. The van der Waals surface area contributed by atoms with E-state index in [1.807, 2.05) is 10.7 Å². The molecule has 1 saturated carbocycles. The van der Waals surface area contributed by atoms with E-state index in [1.165, 1.54) is 5.56 Å². The van der Waals surface area contributed by atoms with Gasteiger partial charge < -0.3 is 5.32 Å². The Morgan fingerprint density at radius 1 is 1.12 bits per heavy atom. The molecule has 7 heteroatoms. The lowest BCUT2D eigenvalue weighted by molar-refractivity contribution is 0.465. The monoisotopic (exact) mass is 372 g/mol. The third-order valence-electron chi connectivity index (χ3n) is 6.13. The third-order valence-corrected chi connectivity index (χ3v) is 7.88. The van der Waals surface area contributed by atoms with Crippen molar-refractivity contribution in [3.63, 3.8) is 0 Å². The van der Waals surface area contributed by atoms with Crippen LogP contribution in [0.15, 0.2) is 30.3 Å². The summed E-state index contributed by atoms with van der Waals surface area (Å²) in [7, 11) is -2.93. The van der Waals surface area contributed by atoms with E-state index in [2.05, 4.69) is 29.6 Å². The molecule has 0 bridgehead atoms. The highest BCUT2D eigenvalue weighted by molar-refractivity contribution is 7.91. The van der Waals surface area contributed by atoms with E-state index in [1.54, 1.807) is 0 Å². The van der Waals surface area contributed by atoms with E-state index in [-0.39, 0.29) is 17.5 Å². The minimum absolute atomic E-state index is 0.0396. The summed E-state index contributed by atoms with van der Waals surface area (Å²) in [6.45, 7) is 2.09. The Kier molecular flexibility index (Phi) is 3.90. The summed E-state index contributed by atoms with van der Waals surface area (Å²) in [6, 6.07) is 10.3. The standard InChI is InChI=1S/C19H24N4O2S/c24-26(25)9-8-14(12-26)23-19(18-15-10-20-11-16(15)18)21-17(22-23)7-6-13-4-2-1-3-5-13/h1-5,14-16,18,20H,6-12H2/t14-,15-,16+,18?/m1/s1. The van der Waals surface area contributed by atoms with Crippen LogP contribution in [-0.2, 0) is 22.7 Å². The van der Waals surface area contributed by atoms with E-state index in [0.29, 0.717) is 24.2 Å². The van der Waals surface area contributed by atoms with Gasteiger partial charge in [0.15, 0.2) is 15.7 Å². The average molecular weight is 372 g/mol. The zero-order chi connectivity index (χ0) is 17.7. The first-order valence-corrected chi connectivity index (χ1v) is 11.3. The summed E-state index contributed by atoms with van der Waals surface area (Å²) in [6.07, 6.45) is 2.37. The largest absolute Gasteiger partial charge is 0.316 e. The maximum absolute atomic E-state index is 12.0. The Morgan fingerprint density at radius 3 is 2.58 bits per heavy atom. The number of nitrogens with zero attached hydrogens (tertiary/aromatic N) is 3. The Morgan fingerprint density at radius 2 is 1.88 bits per heavy atom. The van der Waals surface area contributed by atoms with Crippen LogP contribution in [0.4, 0.5) is 0 Å². The first-order valence-electron chi connectivity index (χ1n) is 9.51. The quantitative estimate of drug-likeness (QED) is 0.857. The van der Waals surface area contributed by atoms with Crippen molar-refractivity contribution in [1.82, 2.24) is 20.1 Å². The molecule has 138 valence electrons. The van der Waals surface area contributed by atoms with E-state index in [9.17, 15) is 8.42 Å². The molecule has 4 atom stereocenters. The van der Waals surface area contributed by atoms with Gasteiger partial charge in [-0.1, -0.05) is 30.3 Å². The van der Waals surface area contributed by atoms with Crippen LogP contribution < -0.4 is 5.32 Å². The molecule has 1 N–H and O–H groups in total.